The predicted octanol–water partition coefficient (Wildman–Crippen LogP) is 2.49. The van der Waals surface area contributed by atoms with Crippen molar-refractivity contribution in [3.8, 4) is 0 Å². The molecule has 0 saturated heterocycles. The minimum atomic E-state index is -0.333. The summed E-state index contributed by atoms with van der Waals surface area (Å²) in [5, 5.41) is 13.8. The van der Waals surface area contributed by atoms with Gasteiger partial charge in [0.05, 0.1) is 6.10 Å². The second-order valence-corrected chi connectivity index (χ2v) is 4.97. The number of nitrogens with one attached hydrogen (secondary N) is 1. The average Bonchev–Trinajstić information content (AvgIpc) is 2.21. The molecule has 0 aromatic heterocycles. The molecule has 2 nitrogen and oxygen atoms in total. The summed E-state index contributed by atoms with van der Waals surface area (Å²) in [6, 6.07) is 7.61. The summed E-state index contributed by atoms with van der Waals surface area (Å²) in [4.78, 5) is 0. The molecular formula is C13H20ClNO. The zero-order chi connectivity index (χ0) is 12.0. The molecule has 1 aromatic rings. The number of hydrogen-bond acceptors (Lipinski definition) is 2. The van der Waals surface area contributed by atoms with Gasteiger partial charge in [0.1, 0.15) is 0 Å². The summed E-state index contributed by atoms with van der Waals surface area (Å²) in [6.07, 6.45) is 0.336. The highest BCUT2D eigenvalue weighted by Crippen LogP contribution is 2.10. The summed E-state index contributed by atoms with van der Waals surface area (Å²) < 4.78 is 0. The lowest BCUT2D eigenvalue weighted by molar-refractivity contribution is 0.170. The van der Waals surface area contributed by atoms with Crippen molar-refractivity contribution in [1.82, 2.24) is 5.32 Å². The van der Waals surface area contributed by atoms with Gasteiger partial charge in [-0.15, -0.1) is 0 Å². The van der Waals surface area contributed by atoms with Gasteiger partial charge in [0.2, 0.25) is 0 Å². The van der Waals surface area contributed by atoms with E-state index in [1.54, 1.807) is 0 Å². The number of hydrogen-bond donors (Lipinski definition) is 2. The lowest BCUT2D eigenvalue weighted by atomic mass is 10.1. The Kier molecular flexibility index (Phi) is 5.81. The normalized spacial score (nSPS) is 13.1. The van der Waals surface area contributed by atoms with E-state index >= 15 is 0 Å². The quantitative estimate of drug-likeness (QED) is 0.802. The molecule has 1 unspecified atom stereocenters. The fourth-order valence-electron chi connectivity index (χ4n) is 1.50. The molecule has 1 rings (SSSR count). The molecule has 0 aliphatic rings. The molecule has 2 N–H and O–H groups in total. The lowest BCUT2D eigenvalue weighted by Crippen LogP contribution is -2.30. The molecule has 0 spiro atoms. The van der Waals surface area contributed by atoms with E-state index in [4.69, 9.17) is 11.6 Å². The Morgan fingerprint density at radius 3 is 2.38 bits per heavy atom. The highest BCUT2D eigenvalue weighted by molar-refractivity contribution is 6.30. The average molecular weight is 242 g/mol. The maximum atomic E-state index is 9.79. The van der Waals surface area contributed by atoms with E-state index in [0.717, 1.165) is 17.1 Å². The monoisotopic (exact) mass is 241 g/mol. The molecule has 0 amide bonds. The second kappa shape index (κ2) is 6.89. The van der Waals surface area contributed by atoms with E-state index in [1.807, 2.05) is 24.3 Å². The highest BCUT2D eigenvalue weighted by atomic mass is 35.5. The number of rotatable bonds is 6. The number of halogens is 1. The fourth-order valence-corrected chi connectivity index (χ4v) is 1.63. The van der Waals surface area contributed by atoms with Crippen LogP contribution in [0.2, 0.25) is 5.02 Å². The number of aliphatic hydroxyl groups is 1. The van der Waals surface area contributed by atoms with Crippen LogP contribution in [0, 0.1) is 5.92 Å². The van der Waals surface area contributed by atoms with Crippen LogP contribution in [0.3, 0.4) is 0 Å². The van der Waals surface area contributed by atoms with Crippen LogP contribution in [0.1, 0.15) is 19.4 Å². The van der Waals surface area contributed by atoms with Gasteiger partial charge in [0, 0.05) is 11.6 Å². The summed E-state index contributed by atoms with van der Waals surface area (Å²) in [7, 11) is 0. The summed E-state index contributed by atoms with van der Waals surface area (Å²) in [6.45, 7) is 5.88. The first-order valence-corrected chi connectivity index (χ1v) is 6.09. The predicted molar refractivity (Wildman–Crippen MR) is 68.9 cm³/mol. The standard InChI is InChI=1S/C13H20ClNO/c1-10(2)8-15-9-13(16)7-11-3-5-12(14)6-4-11/h3-6,10,13,15-16H,7-9H2,1-2H3. The van der Waals surface area contributed by atoms with E-state index in [0.29, 0.717) is 18.9 Å². The van der Waals surface area contributed by atoms with Gasteiger partial charge in [-0.3, -0.25) is 0 Å². The van der Waals surface area contributed by atoms with Crippen molar-refractivity contribution >= 4 is 11.6 Å². The molecule has 0 aliphatic heterocycles. The van der Waals surface area contributed by atoms with Crippen LogP contribution < -0.4 is 5.32 Å². The molecule has 0 saturated carbocycles. The Morgan fingerprint density at radius 2 is 1.81 bits per heavy atom. The summed E-state index contributed by atoms with van der Waals surface area (Å²) in [5.74, 6) is 0.614. The molecular weight excluding hydrogens is 222 g/mol. The molecule has 0 aliphatic carbocycles. The lowest BCUT2D eigenvalue weighted by Gasteiger charge is -2.13. The Bertz CT molecular complexity index is 297. The van der Waals surface area contributed by atoms with Crippen LogP contribution in [0.5, 0.6) is 0 Å². The van der Waals surface area contributed by atoms with Gasteiger partial charge in [-0.2, -0.15) is 0 Å². The van der Waals surface area contributed by atoms with E-state index in [1.165, 1.54) is 0 Å². The molecule has 1 aromatic carbocycles. The van der Waals surface area contributed by atoms with Gasteiger partial charge >= 0.3 is 0 Å². The molecule has 16 heavy (non-hydrogen) atoms. The minimum absolute atomic E-state index is 0.333. The summed E-state index contributed by atoms with van der Waals surface area (Å²) in [5.41, 5.74) is 1.11. The van der Waals surface area contributed by atoms with E-state index in [-0.39, 0.29) is 6.10 Å². The third-order valence-electron chi connectivity index (χ3n) is 2.32. The topological polar surface area (TPSA) is 32.3 Å². The minimum Gasteiger partial charge on any atom is -0.391 e. The highest BCUT2D eigenvalue weighted by Gasteiger charge is 2.05. The van der Waals surface area contributed by atoms with Crippen molar-refractivity contribution in [2.75, 3.05) is 13.1 Å². The first-order valence-electron chi connectivity index (χ1n) is 5.71. The Hall–Kier alpha value is -0.570. The smallest absolute Gasteiger partial charge is 0.0704 e. The molecule has 3 heteroatoms. The summed E-state index contributed by atoms with van der Waals surface area (Å²) >= 11 is 5.79. The van der Waals surface area contributed by atoms with Crippen LogP contribution in [-0.2, 0) is 6.42 Å². The third-order valence-corrected chi connectivity index (χ3v) is 2.57. The van der Waals surface area contributed by atoms with Crippen molar-refractivity contribution in [1.29, 1.82) is 0 Å². The van der Waals surface area contributed by atoms with Crippen molar-refractivity contribution in [2.24, 2.45) is 5.92 Å². The van der Waals surface area contributed by atoms with Crippen LogP contribution >= 0.6 is 11.6 Å². The Labute approximate surface area is 103 Å². The number of aliphatic hydroxyl groups excluding tert-OH is 1. The van der Waals surface area contributed by atoms with E-state index < -0.39 is 0 Å². The molecule has 1 atom stereocenters. The van der Waals surface area contributed by atoms with Crippen LogP contribution in [0.15, 0.2) is 24.3 Å². The first-order chi connectivity index (χ1) is 7.58. The molecule has 90 valence electrons. The van der Waals surface area contributed by atoms with Crippen LogP contribution in [0.25, 0.3) is 0 Å². The van der Waals surface area contributed by atoms with Gasteiger partial charge in [0.15, 0.2) is 0 Å². The third kappa shape index (κ3) is 5.50. The van der Waals surface area contributed by atoms with Crippen molar-refractivity contribution in [3.05, 3.63) is 34.9 Å². The number of benzene rings is 1. The Balaban J connectivity index is 2.28. The first kappa shape index (κ1) is 13.5. The van der Waals surface area contributed by atoms with Gasteiger partial charge in [0.25, 0.3) is 0 Å². The fraction of sp³-hybridized carbons (Fsp3) is 0.538. The molecule has 0 fully saturated rings. The SMILES string of the molecule is CC(C)CNCC(O)Cc1ccc(Cl)cc1. The van der Waals surface area contributed by atoms with Gasteiger partial charge < -0.3 is 10.4 Å². The van der Waals surface area contributed by atoms with Crippen molar-refractivity contribution in [3.63, 3.8) is 0 Å². The van der Waals surface area contributed by atoms with E-state index in [9.17, 15) is 5.11 Å². The van der Waals surface area contributed by atoms with Gasteiger partial charge in [-0.25, -0.2) is 0 Å². The van der Waals surface area contributed by atoms with Crippen molar-refractivity contribution < 1.29 is 5.11 Å². The zero-order valence-corrected chi connectivity index (χ0v) is 10.7. The molecule has 0 radical (unpaired) electrons. The van der Waals surface area contributed by atoms with Gasteiger partial charge in [-0.05, 0) is 36.6 Å². The maximum absolute atomic E-state index is 9.79. The maximum Gasteiger partial charge on any atom is 0.0704 e. The van der Waals surface area contributed by atoms with Crippen LogP contribution in [-0.4, -0.2) is 24.3 Å². The Morgan fingerprint density at radius 1 is 1.19 bits per heavy atom. The van der Waals surface area contributed by atoms with Crippen molar-refractivity contribution in [2.45, 2.75) is 26.4 Å². The zero-order valence-electron chi connectivity index (χ0n) is 9.91. The van der Waals surface area contributed by atoms with Gasteiger partial charge in [-0.1, -0.05) is 37.6 Å². The second-order valence-electron chi connectivity index (χ2n) is 4.54. The molecule has 0 bridgehead atoms. The van der Waals surface area contributed by atoms with Crippen LogP contribution in [0.4, 0.5) is 0 Å². The largest absolute Gasteiger partial charge is 0.391 e. The molecule has 0 heterocycles. The van der Waals surface area contributed by atoms with E-state index in [2.05, 4.69) is 19.2 Å².